The van der Waals surface area contributed by atoms with Gasteiger partial charge in [-0.25, -0.2) is 13.4 Å². The number of H-pyrrole nitrogens is 1. The molecule has 1 atom stereocenters. The molecule has 1 N–H and O–H groups in total. The van der Waals surface area contributed by atoms with E-state index in [9.17, 15) is 8.42 Å². The third-order valence-electron chi connectivity index (χ3n) is 4.55. The Balaban J connectivity index is 1.48. The predicted molar refractivity (Wildman–Crippen MR) is 89.9 cm³/mol. The van der Waals surface area contributed by atoms with E-state index in [1.165, 1.54) is 10.9 Å². The summed E-state index contributed by atoms with van der Waals surface area (Å²) in [6.07, 6.45) is 8.41. The first-order chi connectivity index (χ1) is 11.5. The first-order valence-corrected chi connectivity index (χ1v) is 9.37. The molecule has 0 spiro atoms. The minimum atomic E-state index is -3.44. The molecule has 24 heavy (non-hydrogen) atoms. The summed E-state index contributed by atoms with van der Waals surface area (Å²) >= 11 is 0. The zero-order valence-corrected chi connectivity index (χ0v) is 14.2. The molecule has 1 fully saturated rings. The van der Waals surface area contributed by atoms with E-state index in [4.69, 9.17) is 0 Å². The second-order valence-electron chi connectivity index (χ2n) is 6.33. The maximum atomic E-state index is 12.6. The van der Waals surface area contributed by atoms with Gasteiger partial charge >= 0.3 is 0 Å². The van der Waals surface area contributed by atoms with Crippen LogP contribution < -0.4 is 0 Å². The maximum Gasteiger partial charge on any atom is 0.246 e. The van der Waals surface area contributed by atoms with Crippen molar-refractivity contribution in [3.8, 4) is 0 Å². The van der Waals surface area contributed by atoms with E-state index in [1.807, 2.05) is 18.5 Å². The van der Waals surface area contributed by atoms with Crippen LogP contribution in [0.2, 0.25) is 0 Å². The molecule has 0 aliphatic carbocycles. The van der Waals surface area contributed by atoms with Crippen LogP contribution in [0.1, 0.15) is 12.0 Å². The van der Waals surface area contributed by atoms with Gasteiger partial charge in [0.25, 0.3) is 0 Å². The van der Waals surface area contributed by atoms with Gasteiger partial charge < -0.3 is 4.98 Å². The number of fused-ring (bicyclic) bond motifs is 1. The lowest BCUT2D eigenvalue weighted by Gasteiger charge is -2.15. The van der Waals surface area contributed by atoms with Crippen LogP contribution in [-0.4, -0.2) is 45.6 Å². The molecule has 0 amide bonds. The predicted octanol–water partition coefficient (Wildman–Crippen LogP) is 1.55. The molecule has 7 nitrogen and oxygen atoms in total. The Morgan fingerprint density at radius 1 is 1.38 bits per heavy atom. The molecule has 1 aliphatic rings. The Morgan fingerprint density at radius 2 is 2.25 bits per heavy atom. The van der Waals surface area contributed by atoms with Gasteiger partial charge in [0, 0.05) is 44.1 Å². The number of hydrogen-bond acceptors (Lipinski definition) is 4. The van der Waals surface area contributed by atoms with Gasteiger partial charge in [-0.3, -0.25) is 4.68 Å². The van der Waals surface area contributed by atoms with Crippen molar-refractivity contribution >= 4 is 21.1 Å². The SMILES string of the molecule is Cn1cc(S(=O)(=O)N2CCC(Cc3cnc4[nH]ccc4c3)C2)cn1. The second-order valence-corrected chi connectivity index (χ2v) is 8.27. The number of hydrogen-bond donors (Lipinski definition) is 1. The molecule has 1 aliphatic heterocycles. The number of pyridine rings is 1. The summed E-state index contributed by atoms with van der Waals surface area (Å²) in [5.74, 6) is 0.314. The Hall–Kier alpha value is -2.19. The highest BCUT2D eigenvalue weighted by molar-refractivity contribution is 7.89. The van der Waals surface area contributed by atoms with Gasteiger partial charge in [-0.15, -0.1) is 0 Å². The largest absolute Gasteiger partial charge is 0.346 e. The molecule has 0 aromatic carbocycles. The quantitative estimate of drug-likeness (QED) is 0.777. The Kier molecular flexibility index (Phi) is 3.65. The van der Waals surface area contributed by atoms with Gasteiger partial charge in [-0.1, -0.05) is 0 Å². The molecule has 4 heterocycles. The summed E-state index contributed by atoms with van der Waals surface area (Å²) in [4.78, 5) is 7.75. The van der Waals surface area contributed by atoms with Crippen LogP contribution in [0.25, 0.3) is 11.0 Å². The third-order valence-corrected chi connectivity index (χ3v) is 6.37. The number of rotatable bonds is 4. The fraction of sp³-hybridized carbons (Fsp3) is 0.375. The van der Waals surface area contributed by atoms with Crippen molar-refractivity contribution in [2.45, 2.75) is 17.7 Å². The molecule has 0 radical (unpaired) electrons. The van der Waals surface area contributed by atoms with Crippen molar-refractivity contribution in [1.82, 2.24) is 24.1 Å². The zero-order valence-electron chi connectivity index (χ0n) is 13.4. The van der Waals surface area contributed by atoms with Gasteiger partial charge in [0.15, 0.2) is 0 Å². The smallest absolute Gasteiger partial charge is 0.246 e. The van der Waals surface area contributed by atoms with E-state index in [0.717, 1.165) is 29.4 Å². The Labute approximate surface area is 140 Å². The fourth-order valence-electron chi connectivity index (χ4n) is 3.29. The monoisotopic (exact) mass is 345 g/mol. The van der Waals surface area contributed by atoms with E-state index < -0.39 is 10.0 Å². The standard InChI is InChI=1S/C16H19N5O2S/c1-20-11-15(9-19-20)24(22,23)21-5-3-12(10-21)6-13-7-14-2-4-17-16(14)18-8-13/h2,4,7-9,11-12H,3,5-6,10H2,1H3,(H,17,18). The van der Waals surface area contributed by atoms with E-state index in [2.05, 4.69) is 21.1 Å². The molecule has 0 bridgehead atoms. The molecule has 3 aromatic rings. The van der Waals surface area contributed by atoms with Gasteiger partial charge in [-0.05, 0) is 36.5 Å². The van der Waals surface area contributed by atoms with E-state index in [-0.39, 0.29) is 4.90 Å². The van der Waals surface area contributed by atoms with Gasteiger partial charge in [0.05, 0.1) is 6.20 Å². The third kappa shape index (κ3) is 2.71. The van der Waals surface area contributed by atoms with Gasteiger partial charge in [-0.2, -0.15) is 9.40 Å². The maximum absolute atomic E-state index is 12.6. The minimum absolute atomic E-state index is 0.265. The summed E-state index contributed by atoms with van der Waals surface area (Å²) < 4.78 is 28.4. The van der Waals surface area contributed by atoms with Crippen molar-refractivity contribution in [2.24, 2.45) is 13.0 Å². The van der Waals surface area contributed by atoms with E-state index in [1.54, 1.807) is 17.5 Å². The Morgan fingerprint density at radius 3 is 3.04 bits per heavy atom. The van der Waals surface area contributed by atoms with Crippen LogP contribution in [0, 0.1) is 5.92 Å². The fourth-order valence-corrected chi connectivity index (χ4v) is 4.81. The number of aromatic amines is 1. The molecule has 0 saturated carbocycles. The summed E-state index contributed by atoms with van der Waals surface area (Å²) in [5.41, 5.74) is 2.03. The summed E-state index contributed by atoms with van der Waals surface area (Å²) in [6.45, 7) is 1.10. The highest BCUT2D eigenvalue weighted by Crippen LogP contribution is 2.27. The van der Waals surface area contributed by atoms with Crippen LogP contribution in [0.3, 0.4) is 0 Å². The van der Waals surface area contributed by atoms with Crippen LogP contribution in [0.5, 0.6) is 0 Å². The molecule has 4 rings (SSSR count). The zero-order chi connectivity index (χ0) is 16.7. The van der Waals surface area contributed by atoms with Crippen LogP contribution in [0.4, 0.5) is 0 Å². The topological polar surface area (TPSA) is 83.9 Å². The molecule has 126 valence electrons. The van der Waals surface area contributed by atoms with E-state index >= 15 is 0 Å². The molecule has 8 heteroatoms. The first-order valence-electron chi connectivity index (χ1n) is 7.93. The van der Waals surface area contributed by atoms with Crippen molar-refractivity contribution < 1.29 is 8.42 Å². The normalized spacial score (nSPS) is 19.3. The lowest BCUT2D eigenvalue weighted by Crippen LogP contribution is -2.28. The van der Waals surface area contributed by atoms with Gasteiger partial charge in [0.1, 0.15) is 10.5 Å². The highest BCUT2D eigenvalue weighted by Gasteiger charge is 2.33. The van der Waals surface area contributed by atoms with Crippen molar-refractivity contribution in [3.63, 3.8) is 0 Å². The lowest BCUT2D eigenvalue weighted by molar-refractivity contribution is 0.456. The number of aryl methyl sites for hydroxylation is 1. The Bertz CT molecular complexity index is 975. The average Bonchev–Trinajstić information content (AvgIpc) is 3.27. The number of sulfonamides is 1. The van der Waals surface area contributed by atoms with Crippen molar-refractivity contribution in [1.29, 1.82) is 0 Å². The molecular weight excluding hydrogens is 326 g/mol. The summed E-state index contributed by atoms with van der Waals surface area (Å²) in [5, 5.41) is 5.05. The molecule has 3 aromatic heterocycles. The van der Waals surface area contributed by atoms with Crippen LogP contribution in [-0.2, 0) is 23.5 Å². The number of aromatic nitrogens is 4. The average molecular weight is 345 g/mol. The lowest BCUT2D eigenvalue weighted by atomic mass is 9.99. The second kappa shape index (κ2) is 5.71. The van der Waals surface area contributed by atoms with Crippen molar-refractivity contribution in [3.05, 3.63) is 42.5 Å². The van der Waals surface area contributed by atoms with Crippen LogP contribution in [0.15, 0.2) is 41.8 Å². The molecular formula is C16H19N5O2S. The highest BCUT2D eigenvalue weighted by atomic mass is 32.2. The van der Waals surface area contributed by atoms with Gasteiger partial charge in [0.2, 0.25) is 10.0 Å². The summed E-state index contributed by atoms with van der Waals surface area (Å²) in [6, 6.07) is 4.12. The molecule has 1 saturated heterocycles. The van der Waals surface area contributed by atoms with E-state index in [0.29, 0.717) is 19.0 Å². The van der Waals surface area contributed by atoms with Crippen molar-refractivity contribution in [2.75, 3.05) is 13.1 Å². The minimum Gasteiger partial charge on any atom is -0.346 e. The van der Waals surface area contributed by atoms with Crippen LogP contribution >= 0.6 is 0 Å². The number of nitrogens with zero attached hydrogens (tertiary/aromatic N) is 4. The number of nitrogens with one attached hydrogen (secondary N) is 1. The summed E-state index contributed by atoms with van der Waals surface area (Å²) in [7, 11) is -1.72. The molecule has 1 unspecified atom stereocenters. The first kappa shape index (κ1) is 15.3.